The average Bonchev–Trinajstić information content (AvgIpc) is 2.82. The molecule has 1 aromatic rings. The molecule has 0 saturated heterocycles. The summed E-state index contributed by atoms with van der Waals surface area (Å²) >= 11 is 1.68. The molecular weight excluding hydrogens is 260 g/mol. The molecule has 0 atom stereocenters. The fraction of sp³-hybridized carbons (Fsp3) is 0.769. The van der Waals surface area contributed by atoms with Crippen molar-refractivity contribution in [1.82, 2.24) is 15.2 Å². The van der Waals surface area contributed by atoms with Crippen LogP contribution in [0.2, 0.25) is 0 Å². The van der Waals surface area contributed by atoms with E-state index in [0.717, 1.165) is 48.6 Å². The minimum atomic E-state index is 0.740. The Morgan fingerprint density at radius 2 is 1.95 bits per heavy atom. The molecule has 0 aromatic carbocycles. The van der Waals surface area contributed by atoms with E-state index in [0.29, 0.717) is 0 Å². The van der Waals surface area contributed by atoms with Crippen LogP contribution in [0.3, 0.4) is 0 Å². The van der Waals surface area contributed by atoms with Crippen molar-refractivity contribution in [3.63, 3.8) is 0 Å². The number of rotatable bonds is 9. The molecule has 0 radical (unpaired) electrons. The Kier molecular flexibility index (Phi) is 7.12. The maximum Gasteiger partial charge on any atom is 0.230 e. The maximum absolute atomic E-state index is 5.32. The molecule has 6 heteroatoms. The van der Waals surface area contributed by atoms with Crippen molar-refractivity contribution in [2.75, 3.05) is 52.3 Å². The highest BCUT2D eigenvalue weighted by Gasteiger charge is 2.12. The van der Waals surface area contributed by atoms with E-state index in [1.807, 2.05) is 19.0 Å². The quantitative estimate of drug-likeness (QED) is 0.699. The van der Waals surface area contributed by atoms with Crippen LogP contribution in [0.1, 0.15) is 18.7 Å². The molecule has 0 unspecified atom stereocenters. The first-order valence-corrected chi connectivity index (χ1v) is 7.58. The van der Waals surface area contributed by atoms with Crippen LogP contribution in [0, 0.1) is 0 Å². The van der Waals surface area contributed by atoms with Crippen molar-refractivity contribution in [3.8, 4) is 5.88 Å². The zero-order valence-corrected chi connectivity index (χ0v) is 13.5. The molecule has 0 bridgehead atoms. The fourth-order valence-corrected chi connectivity index (χ4v) is 2.69. The Bertz CT molecular complexity index is 364. The van der Waals surface area contributed by atoms with Gasteiger partial charge in [-0.3, -0.25) is 0 Å². The number of aromatic nitrogens is 1. The van der Waals surface area contributed by atoms with Crippen molar-refractivity contribution in [3.05, 3.63) is 4.88 Å². The summed E-state index contributed by atoms with van der Waals surface area (Å²) in [5.41, 5.74) is 0. The van der Waals surface area contributed by atoms with E-state index in [2.05, 4.69) is 29.0 Å². The van der Waals surface area contributed by atoms with Crippen molar-refractivity contribution in [1.29, 1.82) is 0 Å². The summed E-state index contributed by atoms with van der Waals surface area (Å²) in [6, 6.07) is 0. The summed E-state index contributed by atoms with van der Waals surface area (Å²) in [7, 11) is 5.67. The molecule has 0 aliphatic rings. The van der Waals surface area contributed by atoms with Crippen LogP contribution in [0.4, 0.5) is 5.13 Å². The van der Waals surface area contributed by atoms with E-state index in [4.69, 9.17) is 4.74 Å². The molecule has 1 N–H and O–H groups in total. The molecular formula is C13H26N4OS. The molecule has 1 aromatic heterocycles. The number of anilines is 1. The van der Waals surface area contributed by atoms with Crippen molar-refractivity contribution < 1.29 is 4.74 Å². The van der Waals surface area contributed by atoms with Gasteiger partial charge >= 0.3 is 0 Å². The van der Waals surface area contributed by atoms with Crippen LogP contribution >= 0.6 is 11.3 Å². The van der Waals surface area contributed by atoms with Crippen molar-refractivity contribution in [2.24, 2.45) is 0 Å². The smallest absolute Gasteiger partial charge is 0.230 e. The number of methoxy groups -OCH3 is 1. The van der Waals surface area contributed by atoms with Gasteiger partial charge in [-0.25, -0.2) is 0 Å². The zero-order valence-electron chi connectivity index (χ0n) is 12.7. The molecule has 0 amide bonds. The second-order valence-electron chi connectivity index (χ2n) is 4.53. The van der Waals surface area contributed by atoms with Gasteiger partial charge in [-0.2, -0.15) is 4.98 Å². The van der Waals surface area contributed by atoms with Crippen LogP contribution in [0.25, 0.3) is 0 Å². The molecule has 110 valence electrons. The number of hydrogen-bond donors (Lipinski definition) is 1. The highest BCUT2D eigenvalue weighted by Crippen LogP contribution is 2.29. The van der Waals surface area contributed by atoms with Gasteiger partial charge in [0.05, 0.1) is 12.0 Å². The highest BCUT2D eigenvalue weighted by atomic mass is 32.1. The first kappa shape index (κ1) is 16.2. The van der Waals surface area contributed by atoms with Crippen LogP contribution in [0.5, 0.6) is 5.88 Å². The third-order valence-electron chi connectivity index (χ3n) is 3.01. The van der Waals surface area contributed by atoms with Crippen LogP contribution < -0.4 is 15.0 Å². The number of thiazole rings is 1. The van der Waals surface area contributed by atoms with Gasteiger partial charge in [-0.05, 0) is 13.1 Å². The van der Waals surface area contributed by atoms with Crippen LogP contribution in [-0.4, -0.2) is 57.3 Å². The molecule has 0 spiro atoms. The third kappa shape index (κ3) is 4.97. The molecule has 5 nitrogen and oxygen atoms in total. The number of likely N-dealkylation sites (N-methyl/N-ethyl adjacent to an activating group) is 1. The lowest BCUT2D eigenvalue weighted by atomic mass is 10.4. The number of ether oxygens (including phenoxy) is 1. The highest BCUT2D eigenvalue weighted by molar-refractivity contribution is 7.15. The standard InChI is InChI=1S/C13H26N4OS/c1-6-17(7-2)9-8-14-10-11-12(18-5)15-13(19-11)16(3)4/h14H,6-10H2,1-5H3. The van der Waals surface area contributed by atoms with E-state index in [-0.39, 0.29) is 0 Å². The molecule has 0 fully saturated rings. The average molecular weight is 286 g/mol. The molecule has 1 rings (SSSR count). The van der Waals surface area contributed by atoms with E-state index in [9.17, 15) is 0 Å². The Labute approximate surface area is 120 Å². The fourth-order valence-electron chi connectivity index (χ4n) is 1.77. The number of nitrogens with zero attached hydrogens (tertiary/aromatic N) is 3. The predicted octanol–water partition coefficient (Wildman–Crippen LogP) is 1.65. The number of hydrogen-bond acceptors (Lipinski definition) is 6. The summed E-state index contributed by atoms with van der Waals surface area (Å²) in [6.07, 6.45) is 0. The van der Waals surface area contributed by atoms with Crippen LogP contribution in [-0.2, 0) is 6.54 Å². The van der Waals surface area contributed by atoms with Gasteiger partial charge in [0.2, 0.25) is 5.88 Å². The normalized spacial score (nSPS) is 11.1. The van der Waals surface area contributed by atoms with Crippen LogP contribution in [0.15, 0.2) is 0 Å². The maximum atomic E-state index is 5.32. The second kappa shape index (κ2) is 8.35. The van der Waals surface area contributed by atoms with Crippen molar-refractivity contribution >= 4 is 16.5 Å². The minimum Gasteiger partial charge on any atom is -0.480 e. The molecule has 0 saturated carbocycles. The first-order chi connectivity index (χ1) is 9.12. The summed E-state index contributed by atoms with van der Waals surface area (Å²) in [4.78, 5) is 10.0. The third-order valence-corrected chi connectivity index (χ3v) is 4.22. The zero-order chi connectivity index (χ0) is 14.3. The van der Waals surface area contributed by atoms with Gasteiger partial charge < -0.3 is 19.9 Å². The van der Waals surface area contributed by atoms with E-state index in [1.54, 1.807) is 18.4 Å². The Morgan fingerprint density at radius 1 is 1.26 bits per heavy atom. The Hall–Kier alpha value is -0.850. The number of nitrogens with one attached hydrogen (secondary N) is 1. The summed E-state index contributed by atoms with van der Waals surface area (Å²) in [6.45, 7) is 9.47. The minimum absolute atomic E-state index is 0.740. The lowest BCUT2D eigenvalue weighted by Gasteiger charge is -2.17. The predicted molar refractivity (Wildman–Crippen MR) is 82.5 cm³/mol. The Morgan fingerprint density at radius 3 is 2.47 bits per heavy atom. The summed E-state index contributed by atoms with van der Waals surface area (Å²) in [5, 5.41) is 4.44. The monoisotopic (exact) mass is 286 g/mol. The largest absolute Gasteiger partial charge is 0.480 e. The van der Waals surface area contributed by atoms with Gasteiger partial charge in [0.15, 0.2) is 5.13 Å². The summed E-state index contributed by atoms with van der Waals surface area (Å²) < 4.78 is 5.32. The first-order valence-electron chi connectivity index (χ1n) is 6.76. The second-order valence-corrected chi connectivity index (χ2v) is 5.59. The van der Waals surface area contributed by atoms with E-state index < -0.39 is 0 Å². The van der Waals surface area contributed by atoms with Crippen molar-refractivity contribution in [2.45, 2.75) is 20.4 Å². The lowest BCUT2D eigenvalue weighted by Crippen LogP contribution is -2.31. The molecule has 0 aliphatic carbocycles. The van der Waals surface area contributed by atoms with Gasteiger partial charge in [-0.15, -0.1) is 0 Å². The summed E-state index contributed by atoms with van der Waals surface area (Å²) in [5.74, 6) is 0.740. The van der Waals surface area contributed by atoms with E-state index >= 15 is 0 Å². The SMILES string of the molecule is CCN(CC)CCNCc1sc(N(C)C)nc1OC. The van der Waals surface area contributed by atoms with Gasteiger partial charge in [0.1, 0.15) is 0 Å². The lowest BCUT2D eigenvalue weighted by molar-refractivity contribution is 0.302. The molecule has 1 heterocycles. The van der Waals surface area contributed by atoms with E-state index in [1.165, 1.54) is 0 Å². The van der Waals surface area contributed by atoms with Gasteiger partial charge in [-0.1, -0.05) is 25.2 Å². The topological polar surface area (TPSA) is 40.6 Å². The van der Waals surface area contributed by atoms with Gasteiger partial charge in [0, 0.05) is 33.7 Å². The molecule has 0 aliphatic heterocycles. The molecule has 19 heavy (non-hydrogen) atoms. The Balaban J connectivity index is 2.44. The van der Waals surface area contributed by atoms with Gasteiger partial charge in [0.25, 0.3) is 0 Å².